The van der Waals surface area contributed by atoms with Gasteiger partial charge >= 0.3 is 0 Å². The third-order valence-corrected chi connectivity index (χ3v) is 4.46. The Morgan fingerprint density at radius 3 is 2.47 bits per heavy atom. The van der Waals surface area contributed by atoms with Crippen LogP contribution in [0.3, 0.4) is 0 Å². The molecule has 2 N–H and O–H groups in total. The van der Waals surface area contributed by atoms with Crippen LogP contribution in [0.1, 0.15) is 55.7 Å². The molecule has 2 nitrogen and oxygen atoms in total. The van der Waals surface area contributed by atoms with E-state index in [0.29, 0.717) is 12.3 Å². The molecule has 0 amide bonds. The predicted molar refractivity (Wildman–Crippen MR) is 73.7 cm³/mol. The summed E-state index contributed by atoms with van der Waals surface area (Å²) in [5.74, 6) is 0.371. The summed E-state index contributed by atoms with van der Waals surface area (Å²) in [6.07, 6.45) is 2.72. The Hall–Kier alpha value is -0.380. The Kier molecular flexibility index (Phi) is 6.17. The number of hydrogen-bond acceptors (Lipinski definition) is 3. The van der Waals surface area contributed by atoms with E-state index in [-0.39, 0.29) is 0 Å². The first-order valence-electron chi connectivity index (χ1n) is 6.53. The van der Waals surface area contributed by atoms with Crippen LogP contribution < -0.4 is 0 Å². The molecule has 3 heteroatoms. The highest BCUT2D eigenvalue weighted by Crippen LogP contribution is 2.31. The molecular weight excluding hydrogens is 232 g/mol. The summed E-state index contributed by atoms with van der Waals surface area (Å²) in [5, 5.41) is 19.1. The van der Waals surface area contributed by atoms with Gasteiger partial charge in [-0.3, -0.25) is 0 Å². The molecule has 0 aliphatic rings. The van der Waals surface area contributed by atoms with E-state index in [1.807, 2.05) is 11.3 Å². The van der Waals surface area contributed by atoms with Crippen molar-refractivity contribution in [2.24, 2.45) is 0 Å². The van der Waals surface area contributed by atoms with Gasteiger partial charge < -0.3 is 10.2 Å². The molecule has 17 heavy (non-hydrogen) atoms. The molecule has 0 saturated heterocycles. The fourth-order valence-electron chi connectivity index (χ4n) is 1.97. The highest BCUT2D eigenvalue weighted by atomic mass is 32.1. The van der Waals surface area contributed by atoms with Gasteiger partial charge in [0.2, 0.25) is 0 Å². The van der Waals surface area contributed by atoms with Crippen LogP contribution in [0.5, 0.6) is 0 Å². The molecule has 3 atom stereocenters. The maximum absolute atomic E-state index is 9.75. The van der Waals surface area contributed by atoms with E-state index >= 15 is 0 Å². The molecular formula is C14H24O2S. The zero-order valence-corrected chi connectivity index (χ0v) is 11.8. The van der Waals surface area contributed by atoms with Gasteiger partial charge in [0, 0.05) is 9.75 Å². The fraction of sp³-hybridized carbons (Fsp3) is 0.714. The van der Waals surface area contributed by atoms with Gasteiger partial charge in [-0.05, 0) is 44.2 Å². The van der Waals surface area contributed by atoms with Crippen molar-refractivity contribution in [1.29, 1.82) is 0 Å². The van der Waals surface area contributed by atoms with E-state index < -0.39 is 12.2 Å². The van der Waals surface area contributed by atoms with Crippen LogP contribution in [0.25, 0.3) is 0 Å². The highest BCUT2D eigenvalue weighted by Gasteiger charge is 2.19. The Bertz CT molecular complexity index is 320. The van der Waals surface area contributed by atoms with Gasteiger partial charge in [0.1, 0.15) is 0 Å². The van der Waals surface area contributed by atoms with Gasteiger partial charge in [0.05, 0.1) is 12.2 Å². The number of rotatable bonds is 7. The molecule has 1 aromatic rings. The molecule has 0 radical (unpaired) electrons. The summed E-state index contributed by atoms with van der Waals surface area (Å²) in [6.45, 7) is 5.97. The summed E-state index contributed by atoms with van der Waals surface area (Å²) in [7, 11) is 0. The van der Waals surface area contributed by atoms with Crippen molar-refractivity contribution >= 4 is 11.3 Å². The van der Waals surface area contributed by atoms with E-state index in [9.17, 15) is 10.2 Å². The molecule has 0 aromatic carbocycles. The Morgan fingerprint density at radius 1 is 1.24 bits per heavy atom. The molecule has 0 spiro atoms. The van der Waals surface area contributed by atoms with Crippen LogP contribution in [-0.2, 0) is 6.42 Å². The Morgan fingerprint density at radius 2 is 1.94 bits per heavy atom. The van der Waals surface area contributed by atoms with Crippen molar-refractivity contribution in [3.63, 3.8) is 0 Å². The molecule has 1 heterocycles. The molecule has 98 valence electrons. The van der Waals surface area contributed by atoms with Gasteiger partial charge in [0.25, 0.3) is 0 Å². The zero-order valence-electron chi connectivity index (χ0n) is 11.0. The normalized spacial score (nSPS) is 16.8. The van der Waals surface area contributed by atoms with Gasteiger partial charge in [-0.15, -0.1) is 11.3 Å². The summed E-state index contributed by atoms with van der Waals surface area (Å²) in [6, 6.07) is 4.37. The van der Waals surface area contributed by atoms with Gasteiger partial charge in [-0.25, -0.2) is 0 Å². The summed E-state index contributed by atoms with van der Waals surface area (Å²) in [4.78, 5) is 2.77. The summed E-state index contributed by atoms with van der Waals surface area (Å²) < 4.78 is 0. The SMILES string of the molecule is CCCc1ccc(C(CC)CC(O)C(C)O)s1. The quantitative estimate of drug-likeness (QED) is 0.785. The number of hydrogen-bond donors (Lipinski definition) is 2. The second-order valence-electron chi connectivity index (χ2n) is 4.70. The average Bonchev–Trinajstić information content (AvgIpc) is 2.74. The summed E-state index contributed by atoms with van der Waals surface area (Å²) >= 11 is 1.85. The summed E-state index contributed by atoms with van der Waals surface area (Å²) in [5.41, 5.74) is 0. The van der Waals surface area contributed by atoms with Crippen LogP contribution in [0.15, 0.2) is 12.1 Å². The van der Waals surface area contributed by atoms with Gasteiger partial charge in [0.15, 0.2) is 0 Å². The van der Waals surface area contributed by atoms with Crippen LogP contribution in [-0.4, -0.2) is 22.4 Å². The molecule has 0 fully saturated rings. The highest BCUT2D eigenvalue weighted by molar-refractivity contribution is 7.12. The topological polar surface area (TPSA) is 40.5 Å². The van der Waals surface area contributed by atoms with E-state index in [2.05, 4.69) is 26.0 Å². The van der Waals surface area contributed by atoms with Crippen molar-refractivity contribution < 1.29 is 10.2 Å². The first-order valence-corrected chi connectivity index (χ1v) is 7.34. The van der Waals surface area contributed by atoms with E-state index in [0.717, 1.165) is 12.8 Å². The first kappa shape index (κ1) is 14.7. The van der Waals surface area contributed by atoms with Crippen molar-refractivity contribution in [3.8, 4) is 0 Å². The third kappa shape index (κ3) is 4.41. The Balaban J connectivity index is 2.65. The van der Waals surface area contributed by atoms with Crippen LogP contribution in [0.2, 0.25) is 0 Å². The molecule has 0 aliphatic carbocycles. The predicted octanol–water partition coefficient (Wildman–Crippen LogP) is 3.33. The van der Waals surface area contributed by atoms with Gasteiger partial charge in [-0.1, -0.05) is 20.3 Å². The Labute approximate surface area is 108 Å². The minimum Gasteiger partial charge on any atom is -0.391 e. The lowest BCUT2D eigenvalue weighted by molar-refractivity contribution is 0.0217. The lowest BCUT2D eigenvalue weighted by atomic mass is 9.95. The smallest absolute Gasteiger partial charge is 0.0802 e. The second-order valence-corrected chi connectivity index (χ2v) is 5.90. The minimum atomic E-state index is -0.640. The third-order valence-electron chi connectivity index (χ3n) is 3.16. The van der Waals surface area contributed by atoms with Crippen molar-refractivity contribution in [2.45, 2.75) is 64.6 Å². The van der Waals surface area contributed by atoms with Crippen molar-refractivity contribution in [3.05, 3.63) is 21.9 Å². The molecule has 0 aliphatic heterocycles. The fourth-order valence-corrected chi connectivity index (χ4v) is 3.28. The monoisotopic (exact) mass is 256 g/mol. The average molecular weight is 256 g/mol. The molecule has 0 saturated carbocycles. The van der Waals surface area contributed by atoms with E-state index in [1.54, 1.807) is 6.92 Å². The lowest BCUT2D eigenvalue weighted by Gasteiger charge is -2.19. The maximum Gasteiger partial charge on any atom is 0.0802 e. The maximum atomic E-state index is 9.75. The van der Waals surface area contributed by atoms with Crippen LogP contribution >= 0.6 is 11.3 Å². The van der Waals surface area contributed by atoms with Crippen molar-refractivity contribution in [1.82, 2.24) is 0 Å². The number of aliphatic hydroxyl groups is 2. The second kappa shape index (κ2) is 7.14. The van der Waals surface area contributed by atoms with Crippen LogP contribution in [0.4, 0.5) is 0 Å². The minimum absolute atomic E-state index is 0.371. The number of aliphatic hydroxyl groups excluding tert-OH is 2. The molecule has 3 unspecified atom stereocenters. The number of thiophene rings is 1. The zero-order chi connectivity index (χ0) is 12.8. The first-order chi connectivity index (χ1) is 8.08. The molecule has 1 rings (SSSR count). The van der Waals surface area contributed by atoms with E-state index in [1.165, 1.54) is 16.2 Å². The standard InChI is InChI=1S/C14H24O2S/c1-4-6-12-7-8-14(17-12)11(5-2)9-13(16)10(3)15/h7-8,10-11,13,15-16H,4-6,9H2,1-3H3. The van der Waals surface area contributed by atoms with Crippen LogP contribution in [0, 0.1) is 0 Å². The van der Waals surface area contributed by atoms with Crippen molar-refractivity contribution in [2.75, 3.05) is 0 Å². The van der Waals surface area contributed by atoms with Gasteiger partial charge in [-0.2, -0.15) is 0 Å². The molecule has 1 aromatic heterocycles. The number of aryl methyl sites for hydroxylation is 1. The van der Waals surface area contributed by atoms with E-state index in [4.69, 9.17) is 0 Å². The molecule has 0 bridgehead atoms. The lowest BCUT2D eigenvalue weighted by Crippen LogP contribution is -2.24. The largest absolute Gasteiger partial charge is 0.391 e.